The van der Waals surface area contributed by atoms with Crippen molar-refractivity contribution in [3.8, 4) is 11.4 Å². The zero-order valence-corrected chi connectivity index (χ0v) is 14.1. The summed E-state index contributed by atoms with van der Waals surface area (Å²) in [6.07, 6.45) is 0.378. The van der Waals surface area contributed by atoms with Crippen LogP contribution in [0.1, 0.15) is 46.0 Å². The van der Waals surface area contributed by atoms with Gasteiger partial charge in [0.05, 0.1) is 4.92 Å². The van der Waals surface area contributed by atoms with Gasteiger partial charge in [0.15, 0.2) is 0 Å². The van der Waals surface area contributed by atoms with Crippen LogP contribution in [0.3, 0.4) is 0 Å². The average molecular weight is 332 g/mol. The monoisotopic (exact) mass is 332 g/mol. The molecule has 1 amide bonds. The highest BCUT2D eigenvalue weighted by atomic mass is 16.6. The molecule has 0 aliphatic heterocycles. The number of carbonyl (C=O) groups is 1. The molecule has 0 aliphatic rings. The van der Waals surface area contributed by atoms with Crippen molar-refractivity contribution in [3.05, 3.63) is 40.3 Å². The maximum Gasteiger partial charge on any atom is 0.270 e. The number of hydrogen-bond acceptors (Lipinski definition) is 6. The Bertz CT molecular complexity index is 749. The molecule has 0 aliphatic carbocycles. The van der Waals surface area contributed by atoms with Crippen molar-refractivity contribution in [2.45, 2.75) is 40.2 Å². The number of carbonyl (C=O) groups excluding carboxylic acids is 1. The minimum atomic E-state index is -0.486. The van der Waals surface area contributed by atoms with E-state index in [2.05, 4.69) is 15.5 Å². The Morgan fingerprint density at radius 2 is 2.12 bits per heavy atom. The van der Waals surface area contributed by atoms with Crippen molar-refractivity contribution < 1.29 is 14.2 Å². The number of non-ortho nitro benzene ring substituents is 1. The molecule has 24 heavy (non-hydrogen) atoms. The van der Waals surface area contributed by atoms with E-state index >= 15 is 0 Å². The molecule has 0 bridgehead atoms. The molecule has 1 aromatic heterocycles. The van der Waals surface area contributed by atoms with Gasteiger partial charge in [0.1, 0.15) is 6.04 Å². The zero-order chi connectivity index (χ0) is 17.9. The van der Waals surface area contributed by atoms with Crippen LogP contribution in [-0.4, -0.2) is 21.0 Å². The van der Waals surface area contributed by atoms with E-state index in [0.29, 0.717) is 12.0 Å². The van der Waals surface area contributed by atoms with E-state index in [0.717, 1.165) is 0 Å². The molecule has 2 aromatic rings. The molecule has 0 saturated carbocycles. The van der Waals surface area contributed by atoms with Gasteiger partial charge in [-0.05, 0) is 12.3 Å². The van der Waals surface area contributed by atoms with Crippen molar-refractivity contribution in [2.24, 2.45) is 5.41 Å². The van der Waals surface area contributed by atoms with Crippen LogP contribution in [0.4, 0.5) is 5.69 Å². The number of benzene rings is 1. The lowest BCUT2D eigenvalue weighted by atomic mass is 9.92. The number of aromatic nitrogens is 2. The molecule has 0 saturated heterocycles. The fourth-order valence-electron chi connectivity index (χ4n) is 2.12. The molecular weight excluding hydrogens is 312 g/mol. The van der Waals surface area contributed by atoms with Crippen molar-refractivity contribution in [3.63, 3.8) is 0 Å². The van der Waals surface area contributed by atoms with E-state index in [1.165, 1.54) is 12.1 Å². The van der Waals surface area contributed by atoms with Gasteiger partial charge in [-0.3, -0.25) is 14.9 Å². The Morgan fingerprint density at radius 1 is 1.42 bits per heavy atom. The first-order valence-electron chi connectivity index (χ1n) is 7.53. The molecule has 0 fully saturated rings. The molecule has 0 radical (unpaired) electrons. The molecule has 1 N–H and O–H groups in total. The zero-order valence-electron chi connectivity index (χ0n) is 14.1. The third-order valence-corrected chi connectivity index (χ3v) is 3.20. The summed E-state index contributed by atoms with van der Waals surface area (Å²) in [4.78, 5) is 26.5. The first-order chi connectivity index (χ1) is 11.2. The van der Waals surface area contributed by atoms with Crippen molar-refractivity contribution >= 4 is 11.6 Å². The largest absolute Gasteiger partial charge is 0.345 e. The van der Waals surface area contributed by atoms with Gasteiger partial charge in [-0.1, -0.05) is 38.1 Å². The second kappa shape index (κ2) is 6.77. The topological polar surface area (TPSA) is 111 Å². The summed E-state index contributed by atoms with van der Waals surface area (Å²) in [6.45, 7) is 7.67. The van der Waals surface area contributed by atoms with E-state index in [1.54, 1.807) is 19.1 Å². The molecule has 1 aromatic carbocycles. The van der Waals surface area contributed by atoms with Crippen molar-refractivity contribution in [2.75, 3.05) is 0 Å². The average Bonchev–Trinajstić information content (AvgIpc) is 2.95. The maximum atomic E-state index is 12.0. The van der Waals surface area contributed by atoms with Crippen LogP contribution < -0.4 is 5.32 Å². The summed E-state index contributed by atoms with van der Waals surface area (Å²) in [7, 11) is 0. The molecule has 128 valence electrons. The number of hydrogen-bond donors (Lipinski definition) is 1. The van der Waals surface area contributed by atoms with Gasteiger partial charge in [0, 0.05) is 24.1 Å². The van der Waals surface area contributed by atoms with E-state index < -0.39 is 11.0 Å². The van der Waals surface area contributed by atoms with E-state index in [4.69, 9.17) is 4.52 Å². The highest BCUT2D eigenvalue weighted by Crippen LogP contribution is 2.23. The molecule has 1 heterocycles. The lowest BCUT2D eigenvalue weighted by Gasteiger charge is -2.18. The Hall–Kier alpha value is -2.77. The summed E-state index contributed by atoms with van der Waals surface area (Å²) in [6, 6.07) is 5.53. The Kier molecular flexibility index (Phi) is 4.96. The maximum absolute atomic E-state index is 12.0. The highest BCUT2D eigenvalue weighted by Gasteiger charge is 2.21. The smallest absolute Gasteiger partial charge is 0.270 e. The molecule has 2 rings (SSSR count). The molecule has 8 nitrogen and oxygen atoms in total. The summed E-state index contributed by atoms with van der Waals surface area (Å²) >= 11 is 0. The minimum absolute atomic E-state index is 0.0506. The van der Waals surface area contributed by atoms with Crippen LogP contribution in [-0.2, 0) is 4.79 Å². The van der Waals surface area contributed by atoms with Gasteiger partial charge in [-0.15, -0.1) is 0 Å². The van der Waals surface area contributed by atoms with Gasteiger partial charge in [0.25, 0.3) is 5.69 Å². The van der Waals surface area contributed by atoms with Gasteiger partial charge >= 0.3 is 0 Å². The summed E-state index contributed by atoms with van der Waals surface area (Å²) in [5, 5.41) is 17.5. The first-order valence-corrected chi connectivity index (χ1v) is 7.53. The van der Waals surface area contributed by atoms with Crippen LogP contribution in [0.5, 0.6) is 0 Å². The third kappa shape index (κ3) is 4.61. The summed E-state index contributed by atoms with van der Waals surface area (Å²) in [5.74, 6) is 0.384. The van der Waals surface area contributed by atoms with Gasteiger partial charge in [-0.25, -0.2) is 0 Å². The fourth-order valence-corrected chi connectivity index (χ4v) is 2.12. The Morgan fingerprint density at radius 3 is 2.75 bits per heavy atom. The van der Waals surface area contributed by atoms with Gasteiger partial charge < -0.3 is 9.84 Å². The number of nitrogens with zero attached hydrogens (tertiary/aromatic N) is 3. The van der Waals surface area contributed by atoms with E-state index in [1.807, 2.05) is 20.8 Å². The lowest BCUT2D eigenvalue weighted by molar-refractivity contribution is -0.384. The van der Waals surface area contributed by atoms with Gasteiger partial charge in [0.2, 0.25) is 17.6 Å². The Labute approximate surface area is 139 Å². The molecular formula is C16H20N4O4. The lowest BCUT2D eigenvalue weighted by Crippen LogP contribution is -2.30. The third-order valence-electron chi connectivity index (χ3n) is 3.20. The highest BCUT2D eigenvalue weighted by molar-refractivity contribution is 5.76. The van der Waals surface area contributed by atoms with Crippen molar-refractivity contribution in [1.29, 1.82) is 0 Å². The standard InChI is InChI=1S/C16H20N4O4/c1-10(17-13(21)9-16(2,3)4)15-18-14(19-24-15)11-6-5-7-12(8-11)20(22)23/h5-8,10H,9H2,1-4H3,(H,17,21)/t10-/m0/s1. The van der Waals surface area contributed by atoms with Crippen molar-refractivity contribution in [1.82, 2.24) is 15.5 Å². The van der Waals surface area contributed by atoms with Gasteiger partial charge in [-0.2, -0.15) is 4.98 Å². The minimum Gasteiger partial charge on any atom is -0.345 e. The van der Waals surface area contributed by atoms with Crippen LogP contribution in [0.15, 0.2) is 28.8 Å². The predicted octanol–water partition coefficient (Wildman–Crippen LogP) is 3.26. The predicted molar refractivity (Wildman–Crippen MR) is 87.0 cm³/mol. The number of amides is 1. The summed E-state index contributed by atoms with van der Waals surface area (Å²) in [5.41, 5.74) is 0.310. The Balaban J connectivity index is 2.11. The van der Waals surface area contributed by atoms with Crippen LogP contribution in [0.25, 0.3) is 11.4 Å². The SMILES string of the molecule is C[C@H](NC(=O)CC(C)(C)C)c1nc(-c2cccc([N+](=O)[O-])c2)no1. The molecule has 1 atom stereocenters. The number of nitrogens with one attached hydrogen (secondary N) is 1. The molecule has 0 spiro atoms. The quantitative estimate of drug-likeness (QED) is 0.664. The molecule has 0 unspecified atom stereocenters. The number of nitro groups is 1. The second-order valence-corrected chi connectivity index (χ2v) is 6.79. The van der Waals surface area contributed by atoms with E-state index in [9.17, 15) is 14.9 Å². The normalized spacial score (nSPS) is 12.7. The summed E-state index contributed by atoms with van der Waals surface area (Å²) < 4.78 is 5.17. The van der Waals surface area contributed by atoms with Crippen LogP contribution >= 0.6 is 0 Å². The first kappa shape index (κ1) is 17.6. The molecule has 8 heteroatoms. The number of nitro benzene ring substituents is 1. The fraction of sp³-hybridized carbons (Fsp3) is 0.438. The second-order valence-electron chi connectivity index (χ2n) is 6.79. The van der Waals surface area contributed by atoms with Crippen LogP contribution in [0, 0.1) is 15.5 Å². The number of rotatable bonds is 5. The van der Waals surface area contributed by atoms with Crippen LogP contribution in [0.2, 0.25) is 0 Å². The van der Waals surface area contributed by atoms with E-state index in [-0.39, 0.29) is 28.7 Å².